The van der Waals surface area contributed by atoms with Gasteiger partial charge in [-0.05, 0) is 48.6 Å². The molecule has 0 fully saturated rings. The van der Waals surface area contributed by atoms with Crippen molar-refractivity contribution < 1.29 is 29.3 Å². The third kappa shape index (κ3) is 3.28. The minimum absolute atomic E-state index is 0.0926. The Bertz CT molecular complexity index is 1590. The van der Waals surface area contributed by atoms with Gasteiger partial charge in [0.2, 0.25) is 0 Å². The average molecular weight is 458 g/mol. The van der Waals surface area contributed by atoms with Crippen LogP contribution in [-0.4, -0.2) is 56.3 Å². The highest BCUT2D eigenvalue weighted by Gasteiger charge is 2.22. The van der Waals surface area contributed by atoms with Gasteiger partial charge in [-0.3, -0.25) is 0 Å². The van der Waals surface area contributed by atoms with Crippen molar-refractivity contribution in [1.29, 1.82) is 0 Å². The predicted molar refractivity (Wildman–Crippen MR) is 126 cm³/mol. The van der Waals surface area contributed by atoms with E-state index < -0.39 is 11.9 Å². The standard InChI is InChI=1S/C24H18N4O6/c1-33-21-15-7-5-13(26-15)19(23(29)30)11-3-4-12(25-11)20(24(31)32)14-6-8-16(27-14)22(34-2)18-10-9-17(21)28-18/h3-10,26,28H,1-2H3,(H,29,30)(H,31,32). The number of aromatic amines is 2. The van der Waals surface area contributed by atoms with Crippen LogP contribution in [0.25, 0.3) is 46.4 Å². The largest absolute Gasteiger partial charge is 0.492 e. The smallest absolute Gasteiger partial charge is 0.340 e. The quantitative estimate of drug-likeness (QED) is 0.315. The molecule has 0 saturated carbocycles. The number of carboxylic acids is 2. The van der Waals surface area contributed by atoms with Crippen LogP contribution in [0.3, 0.4) is 0 Å². The molecule has 5 rings (SSSR count). The molecule has 2 aliphatic heterocycles. The maximum absolute atomic E-state index is 12.1. The minimum Gasteiger partial charge on any atom is -0.492 e. The molecule has 5 heterocycles. The number of nitrogens with one attached hydrogen (secondary N) is 2. The van der Waals surface area contributed by atoms with Gasteiger partial charge in [0.25, 0.3) is 0 Å². The van der Waals surface area contributed by atoms with Gasteiger partial charge in [0.15, 0.2) is 11.5 Å². The van der Waals surface area contributed by atoms with Gasteiger partial charge in [-0.15, -0.1) is 0 Å². The molecule has 10 nitrogen and oxygen atoms in total. The van der Waals surface area contributed by atoms with Crippen molar-refractivity contribution in [3.05, 3.63) is 58.2 Å². The van der Waals surface area contributed by atoms with Crippen LogP contribution in [0.1, 0.15) is 43.5 Å². The van der Waals surface area contributed by atoms with Gasteiger partial charge >= 0.3 is 11.9 Å². The van der Waals surface area contributed by atoms with E-state index >= 15 is 0 Å². The van der Waals surface area contributed by atoms with E-state index in [0.717, 1.165) is 0 Å². The SMILES string of the molecule is COc1c2nc(c(C(=O)O)c3nc(c(C(=O)O)c4ccc([nH]4)c(OC)c4ccc1[nH]4)C=C3)C=C2. The van der Waals surface area contributed by atoms with Gasteiger partial charge in [-0.1, -0.05) is 0 Å². The molecule has 2 aliphatic rings. The average Bonchev–Trinajstić information content (AvgIpc) is 3.58. The minimum atomic E-state index is -1.24. The summed E-state index contributed by atoms with van der Waals surface area (Å²) in [6.45, 7) is 0. The van der Waals surface area contributed by atoms with Crippen molar-refractivity contribution in [1.82, 2.24) is 19.9 Å². The summed E-state index contributed by atoms with van der Waals surface area (Å²) >= 11 is 0. The summed E-state index contributed by atoms with van der Waals surface area (Å²) in [5.41, 5.74) is 2.56. The zero-order valence-corrected chi connectivity index (χ0v) is 18.0. The Morgan fingerprint density at radius 1 is 0.647 bits per heavy atom. The molecule has 4 N–H and O–H groups in total. The van der Waals surface area contributed by atoms with Gasteiger partial charge in [0.05, 0.1) is 53.4 Å². The number of carboxylic acid groups (broad SMARTS) is 2. The molecule has 3 aromatic heterocycles. The Labute approximate surface area is 191 Å². The zero-order chi connectivity index (χ0) is 24.0. The molecule has 0 spiro atoms. The molecule has 3 aromatic rings. The lowest BCUT2D eigenvalue weighted by Gasteiger charge is -2.02. The van der Waals surface area contributed by atoms with E-state index in [1.165, 1.54) is 26.4 Å². The number of H-pyrrole nitrogens is 2. The second-order valence-corrected chi connectivity index (χ2v) is 7.43. The highest BCUT2D eigenvalue weighted by Crippen LogP contribution is 2.31. The number of carbonyl (C=O) groups is 2. The molecule has 0 aliphatic carbocycles. The maximum atomic E-state index is 12.1. The number of hydrogen-bond donors (Lipinski definition) is 4. The molecule has 0 amide bonds. The molecule has 8 bridgehead atoms. The topological polar surface area (TPSA) is 150 Å². The van der Waals surface area contributed by atoms with Crippen molar-refractivity contribution in [2.24, 2.45) is 0 Å². The lowest BCUT2D eigenvalue weighted by Crippen LogP contribution is -2.04. The van der Waals surface area contributed by atoms with Crippen LogP contribution in [0.5, 0.6) is 11.5 Å². The Hall–Kier alpha value is -4.86. The van der Waals surface area contributed by atoms with Crippen LogP contribution in [-0.2, 0) is 0 Å². The second kappa shape index (κ2) is 7.93. The number of rotatable bonds is 4. The highest BCUT2D eigenvalue weighted by atomic mass is 16.5. The summed E-state index contributed by atoms with van der Waals surface area (Å²) in [5.74, 6) is -1.59. The molecule has 170 valence electrons. The number of hydrogen-bond acceptors (Lipinski definition) is 6. The predicted octanol–water partition coefficient (Wildman–Crippen LogP) is 4.07. The van der Waals surface area contributed by atoms with E-state index in [-0.39, 0.29) is 33.7 Å². The Kier molecular flexibility index (Phi) is 4.90. The van der Waals surface area contributed by atoms with Crippen LogP contribution in [0.2, 0.25) is 0 Å². The molecule has 0 aromatic carbocycles. The molecular formula is C24H18N4O6. The molecule has 10 heteroatoms. The van der Waals surface area contributed by atoms with Gasteiger partial charge < -0.3 is 29.7 Å². The third-order valence-electron chi connectivity index (χ3n) is 5.49. The molecule has 0 radical (unpaired) electrons. The Balaban J connectivity index is 2.02. The fourth-order valence-corrected chi connectivity index (χ4v) is 4.03. The zero-order valence-electron chi connectivity index (χ0n) is 18.0. The van der Waals surface area contributed by atoms with Crippen LogP contribution in [0.15, 0.2) is 24.3 Å². The summed E-state index contributed by atoms with van der Waals surface area (Å²) < 4.78 is 11.2. The van der Waals surface area contributed by atoms with Crippen molar-refractivity contribution >= 4 is 58.3 Å². The molecule has 0 saturated heterocycles. The van der Waals surface area contributed by atoms with Crippen LogP contribution in [0, 0.1) is 0 Å². The first-order chi connectivity index (χ1) is 16.4. The first-order valence-corrected chi connectivity index (χ1v) is 10.1. The summed E-state index contributed by atoms with van der Waals surface area (Å²) in [4.78, 5) is 39.4. The lowest BCUT2D eigenvalue weighted by molar-refractivity contribution is 0.0687. The number of fused-ring (bicyclic) bond motifs is 8. The van der Waals surface area contributed by atoms with E-state index in [9.17, 15) is 19.8 Å². The molecular weight excluding hydrogens is 440 g/mol. The van der Waals surface area contributed by atoms with E-state index in [1.54, 1.807) is 36.4 Å². The summed E-state index contributed by atoms with van der Waals surface area (Å²) in [6.07, 6.45) is 6.13. The summed E-state index contributed by atoms with van der Waals surface area (Å²) in [5, 5.41) is 19.8. The van der Waals surface area contributed by atoms with Gasteiger partial charge in [-0.25, -0.2) is 19.6 Å². The first kappa shape index (κ1) is 21.0. The number of aromatic carboxylic acids is 2. The third-order valence-corrected chi connectivity index (χ3v) is 5.49. The highest BCUT2D eigenvalue weighted by molar-refractivity contribution is 6.03. The van der Waals surface area contributed by atoms with Gasteiger partial charge in [0, 0.05) is 0 Å². The van der Waals surface area contributed by atoms with Crippen LogP contribution < -0.4 is 9.47 Å². The fraction of sp³-hybridized carbons (Fsp3) is 0.0833. The van der Waals surface area contributed by atoms with Crippen LogP contribution >= 0.6 is 0 Å². The molecule has 34 heavy (non-hydrogen) atoms. The van der Waals surface area contributed by atoms with Crippen LogP contribution in [0.4, 0.5) is 0 Å². The van der Waals surface area contributed by atoms with Crippen molar-refractivity contribution in [3.8, 4) is 11.5 Å². The summed E-state index contributed by atoms with van der Waals surface area (Å²) in [6, 6.07) is 6.87. The van der Waals surface area contributed by atoms with E-state index in [4.69, 9.17) is 9.47 Å². The monoisotopic (exact) mass is 458 g/mol. The molecule has 0 unspecified atom stereocenters. The second-order valence-electron chi connectivity index (χ2n) is 7.43. The normalized spacial score (nSPS) is 12.1. The fourth-order valence-electron chi connectivity index (χ4n) is 4.03. The number of ether oxygens (including phenoxy) is 2. The Morgan fingerprint density at radius 2 is 1.06 bits per heavy atom. The van der Waals surface area contributed by atoms with Gasteiger partial charge in [0.1, 0.15) is 16.8 Å². The van der Waals surface area contributed by atoms with Crippen molar-refractivity contribution in [3.63, 3.8) is 0 Å². The van der Waals surface area contributed by atoms with E-state index in [2.05, 4.69) is 19.9 Å². The van der Waals surface area contributed by atoms with E-state index in [0.29, 0.717) is 33.7 Å². The Morgan fingerprint density at radius 3 is 1.59 bits per heavy atom. The van der Waals surface area contributed by atoms with E-state index in [1.807, 2.05) is 0 Å². The first-order valence-electron chi connectivity index (χ1n) is 10.1. The number of aromatic nitrogens is 4. The number of nitrogens with zero attached hydrogens (tertiary/aromatic N) is 2. The maximum Gasteiger partial charge on any atom is 0.340 e. The van der Waals surface area contributed by atoms with Crippen molar-refractivity contribution in [2.45, 2.75) is 0 Å². The summed E-state index contributed by atoms with van der Waals surface area (Å²) in [7, 11) is 3.01. The van der Waals surface area contributed by atoms with Gasteiger partial charge in [-0.2, -0.15) is 0 Å². The molecule has 0 atom stereocenters. The number of methoxy groups -OCH3 is 2. The lowest BCUT2D eigenvalue weighted by atomic mass is 10.1. The van der Waals surface area contributed by atoms with Crippen molar-refractivity contribution in [2.75, 3.05) is 14.2 Å².